The third kappa shape index (κ3) is 4.31. The Kier molecular flexibility index (Phi) is 5.77. The molecule has 1 saturated heterocycles. The predicted octanol–water partition coefficient (Wildman–Crippen LogP) is 2.50. The molecule has 3 heterocycles. The van der Waals surface area contributed by atoms with Crippen LogP contribution in [-0.4, -0.2) is 56.7 Å². The molecular weight excluding hydrogens is 428 g/mol. The van der Waals surface area contributed by atoms with Crippen LogP contribution in [0.2, 0.25) is 5.02 Å². The summed E-state index contributed by atoms with van der Waals surface area (Å²) >= 11 is 6.36. The second-order valence-corrected chi connectivity index (χ2v) is 9.67. The van der Waals surface area contributed by atoms with Crippen molar-refractivity contribution < 1.29 is 4.79 Å². The number of nitrogens with zero attached hydrogens (tertiary/aromatic N) is 5. The first-order valence-electron chi connectivity index (χ1n) is 11.2. The molecule has 2 aromatic heterocycles. The zero-order valence-electron chi connectivity index (χ0n) is 18.1. The van der Waals surface area contributed by atoms with E-state index in [1.165, 1.54) is 12.8 Å². The first-order valence-corrected chi connectivity index (χ1v) is 11.6. The molecule has 10 heteroatoms. The fraction of sp³-hybridized carbons (Fsp3) is 0.545. The van der Waals surface area contributed by atoms with Crippen LogP contribution in [0.3, 0.4) is 0 Å². The first-order chi connectivity index (χ1) is 15.5. The Balaban J connectivity index is 1.25. The third-order valence-corrected chi connectivity index (χ3v) is 7.28. The summed E-state index contributed by atoms with van der Waals surface area (Å²) in [5, 5.41) is 11.5. The highest BCUT2D eigenvalue weighted by atomic mass is 35.5. The molecule has 1 amide bonds. The van der Waals surface area contributed by atoms with Crippen LogP contribution in [0.5, 0.6) is 0 Å². The number of likely N-dealkylation sites (tertiary alicyclic amines) is 1. The minimum Gasteiger partial charge on any atom is -0.369 e. The molecule has 2 fully saturated rings. The molecule has 0 radical (unpaired) electrons. The predicted molar refractivity (Wildman–Crippen MR) is 124 cm³/mol. The minimum absolute atomic E-state index is 0.111. The topological polar surface area (TPSA) is 114 Å². The average molecular weight is 457 g/mol. The molecule has 9 nitrogen and oxygen atoms in total. The second kappa shape index (κ2) is 8.71. The van der Waals surface area contributed by atoms with Crippen LogP contribution in [0, 0.1) is 23.7 Å². The number of carbonyl (C=O) groups is 1. The van der Waals surface area contributed by atoms with E-state index in [0.717, 1.165) is 31.7 Å². The lowest BCUT2D eigenvalue weighted by Gasteiger charge is -2.28. The Hall–Kier alpha value is -2.65. The quantitative estimate of drug-likeness (QED) is 0.548. The van der Waals surface area contributed by atoms with E-state index in [1.54, 1.807) is 12.4 Å². The smallest absolute Gasteiger partial charge is 0.229 e. The van der Waals surface area contributed by atoms with E-state index in [2.05, 4.69) is 49.8 Å². The number of rotatable bonds is 7. The number of nitrogens with two attached hydrogens (primary N) is 1. The van der Waals surface area contributed by atoms with Crippen LogP contribution in [0.25, 0.3) is 0 Å². The molecule has 3 aliphatic rings. The maximum Gasteiger partial charge on any atom is 0.229 e. The summed E-state index contributed by atoms with van der Waals surface area (Å²) in [6.07, 6.45) is 12.9. The molecule has 1 aliphatic heterocycles. The maximum absolute atomic E-state index is 12.0. The standard InChI is InChI=1S/C22H29ClN8O/c1-30-6-4-13(5-7-30)11-31-12-16(9-26-31)27-22-25-10-17(23)21(29-22)28-19-15-3-2-14(8-15)18(19)20(24)32/h2-3,9-10,12-15,18-19H,4-8,11H2,1H3,(H2,24,32)(H2,25,27,28,29)/t14-,15+,18+,19-/m1/s1. The van der Waals surface area contributed by atoms with Crippen molar-refractivity contribution in [3.05, 3.63) is 35.8 Å². The lowest BCUT2D eigenvalue weighted by molar-refractivity contribution is -0.122. The van der Waals surface area contributed by atoms with Crippen molar-refractivity contribution in [3.63, 3.8) is 0 Å². The number of piperidine rings is 1. The third-order valence-electron chi connectivity index (χ3n) is 7.01. The van der Waals surface area contributed by atoms with E-state index in [4.69, 9.17) is 17.3 Å². The van der Waals surface area contributed by atoms with Crippen LogP contribution in [0.1, 0.15) is 19.3 Å². The average Bonchev–Trinajstić information content (AvgIpc) is 3.49. The number of primary amides is 1. The number of carbonyl (C=O) groups excluding carboxylic acids is 1. The molecule has 32 heavy (non-hydrogen) atoms. The van der Waals surface area contributed by atoms with E-state index in [-0.39, 0.29) is 29.7 Å². The summed E-state index contributed by atoms with van der Waals surface area (Å²) in [4.78, 5) is 23.2. The fourth-order valence-electron chi connectivity index (χ4n) is 5.26. The van der Waals surface area contributed by atoms with Crippen LogP contribution in [0.4, 0.5) is 17.5 Å². The van der Waals surface area contributed by atoms with Gasteiger partial charge in [0.15, 0.2) is 5.82 Å². The Morgan fingerprint density at radius 1 is 1.25 bits per heavy atom. The first kappa shape index (κ1) is 21.2. The number of allylic oxidation sites excluding steroid dienone is 1. The number of halogens is 1. The van der Waals surface area contributed by atoms with Gasteiger partial charge < -0.3 is 21.3 Å². The highest BCUT2D eigenvalue weighted by Crippen LogP contribution is 2.45. The van der Waals surface area contributed by atoms with E-state index in [0.29, 0.717) is 22.7 Å². The molecule has 2 aromatic rings. The molecule has 5 rings (SSSR count). The zero-order valence-corrected chi connectivity index (χ0v) is 18.9. The van der Waals surface area contributed by atoms with Crippen molar-refractivity contribution in [2.24, 2.45) is 29.4 Å². The Bertz CT molecular complexity index is 1020. The molecule has 0 aromatic carbocycles. The summed E-state index contributed by atoms with van der Waals surface area (Å²) in [6, 6.07) is -0.111. The summed E-state index contributed by atoms with van der Waals surface area (Å²) in [7, 11) is 2.17. The van der Waals surface area contributed by atoms with Crippen molar-refractivity contribution in [2.75, 3.05) is 30.8 Å². The van der Waals surface area contributed by atoms with Gasteiger partial charge in [0.05, 0.1) is 24.0 Å². The van der Waals surface area contributed by atoms with E-state index in [1.807, 2.05) is 10.9 Å². The lowest BCUT2D eigenvalue weighted by atomic mass is 9.88. The number of nitrogens with one attached hydrogen (secondary N) is 2. The van der Waals surface area contributed by atoms with Crippen LogP contribution < -0.4 is 16.4 Å². The molecule has 4 N–H and O–H groups in total. The summed E-state index contributed by atoms with van der Waals surface area (Å²) in [5.74, 6) is 1.45. The van der Waals surface area contributed by atoms with Gasteiger partial charge in [0.1, 0.15) is 5.02 Å². The van der Waals surface area contributed by atoms with Gasteiger partial charge in [-0.15, -0.1) is 0 Å². The van der Waals surface area contributed by atoms with E-state index >= 15 is 0 Å². The maximum atomic E-state index is 12.0. The number of hydrogen-bond acceptors (Lipinski definition) is 7. The minimum atomic E-state index is -0.292. The van der Waals surface area contributed by atoms with Gasteiger partial charge in [-0.1, -0.05) is 23.8 Å². The molecule has 2 bridgehead atoms. The Morgan fingerprint density at radius 2 is 2.03 bits per heavy atom. The van der Waals surface area contributed by atoms with Gasteiger partial charge in [-0.25, -0.2) is 4.98 Å². The number of fused-ring (bicyclic) bond motifs is 2. The molecule has 0 unspecified atom stereocenters. The highest BCUT2D eigenvalue weighted by Gasteiger charge is 2.47. The molecule has 2 aliphatic carbocycles. The highest BCUT2D eigenvalue weighted by molar-refractivity contribution is 6.32. The van der Waals surface area contributed by atoms with Crippen molar-refractivity contribution in [1.29, 1.82) is 0 Å². The molecular formula is C22H29ClN8O. The van der Waals surface area contributed by atoms with Gasteiger partial charge in [-0.3, -0.25) is 9.48 Å². The lowest BCUT2D eigenvalue weighted by Crippen LogP contribution is -2.41. The van der Waals surface area contributed by atoms with Gasteiger partial charge in [0, 0.05) is 18.8 Å². The summed E-state index contributed by atoms with van der Waals surface area (Å²) in [5.41, 5.74) is 6.50. The summed E-state index contributed by atoms with van der Waals surface area (Å²) < 4.78 is 1.98. The monoisotopic (exact) mass is 456 g/mol. The SMILES string of the molecule is CN1CCC(Cn2cc(Nc3ncc(Cl)c(N[C@H]4[C@@H](C(N)=O)[C@@H]5C=C[C@H]4C5)n3)cn2)CC1. The molecule has 0 spiro atoms. The van der Waals surface area contributed by atoms with Crippen molar-refractivity contribution in [3.8, 4) is 0 Å². The zero-order chi connectivity index (χ0) is 22.2. The van der Waals surface area contributed by atoms with Gasteiger partial charge in [0.2, 0.25) is 11.9 Å². The molecule has 1 saturated carbocycles. The van der Waals surface area contributed by atoms with Crippen LogP contribution in [0.15, 0.2) is 30.7 Å². The van der Waals surface area contributed by atoms with Gasteiger partial charge in [0.25, 0.3) is 0 Å². The van der Waals surface area contributed by atoms with Gasteiger partial charge >= 0.3 is 0 Å². The van der Waals surface area contributed by atoms with E-state index < -0.39 is 0 Å². The second-order valence-electron chi connectivity index (χ2n) is 9.26. The largest absolute Gasteiger partial charge is 0.369 e. The fourth-order valence-corrected chi connectivity index (χ4v) is 5.41. The summed E-state index contributed by atoms with van der Waals surface area (Å²) in [6.45, 7) is 3.19. The molecule has 170 valence electrons. The van der Waals surface area contributed by atoms with Gasteiger partial charge in [-0.05, 0) is 57.2 Å². The van der Waals surface area contributed by atoms with Crippen molar-refractivity contribution >= 4 is 35.0 Å². The normalized spacial score (nSPS) is 27.7. The van der Waals surface area contributed by atoms with Crippen LogP contribution >= 0.6 is 11.6 Å². The number of anilines is 3. The number of amides is 1. The van der Waals surface area contributed by atoms with Gasteiger partial charge in [-0.2, -0.15) is 10.1 Å². The van der Waals surface area contributed by atoms with E-state index in [9.17, 15) is 4.79 Å². The number of hydrogen-bond donors (Lipinski definition) is 3. The number of aromatic nitrogens is 4. The van der Waals surface area contributed by atoms with Crippen LogP contribution in [-0.2, 0) is 11.3 Å². The Morgan fingerprint density at radius 3 is 2.81 bits per heavy atom. The Labute approximate surface area is 192 Å². The molecule has 4 atom stereocenters. The van der Waals surface area contributed by atoms with Crippen molar-refractivity contribution in [2.45, 2.75) is 31.8 Å². The van der Waals surface area contributed by atoms with Crippen molar-refractivity contribution in [1.82, 2.24) is 24.6 Å².